The number of aromatic nitrogens is 2. The SMILES string of the molecule is CCCc1ccc(CCn2cc[n+](C)c2SCC(C)=O)cc1.[Cl-]. The van der Waals surface area contributed by atoms with Gasteiger partial charge in [-0.25, -0.2) is 9.13 Å². The van der Waals surface area contributed by atoms with Crippen LogP contribution < -0.4 is 17.0 Å². The van der Waals surface area contributed by atoms with Crippen LogP contribution in [0.1, 0.15) is 31.4 Å². The molecule has 126 valence electrons. The van der Waals surface area contributed by atoms with E-state index in [4.69, 9.17) is 0 Å². The van der Waals surface area contributed by atoms with Gasteiger partial charge in [0.05, 0.1) is 19.3 Å². The number of nitrogens with zero attached hydrogens (tertiary/aromatic N) is 2. The number of hydrogen-bond donors (Lipinski definition) is 0. The number of carbonyl (C=O) groups is 1. The molecular formula is C18H25ClN2OS. The van der Waals surface area contributed by atoms with Gasteiger partial charge in [-0.3, -0.25) is 4.79 Å². The summed E-state index contributed by atoms with van der Waals surface area (Å²) in [7, 11) is 2.03. The summed E-state index contributed by atoms with van der Waals surface area (Å²) in [6.45, 7) is 4.78. The molecule has 0 aliphatic rings. The average molecular weight is 353 g/mol. The summed E-state index contributed by atoms with van der Waals surface area (Å²) in [5, 5.41) is 1.14. The zero-order chi connectivity index (χ0) is 15.9. The highest BCUT2D eigenvalue weighted by atomic mass is 35.5. The van der Waals surface area contributed by atoms with Crippen LogP contribution in [0.3, 0.4) is 0 Å². The van der Waals surface area contributed by atoms with Gasteiger partial charge in [0.1, 0.15) is 18.2 Å². The van der Waals surface area contributed by atoms with E-state index in [1.807, 2.05) is 13.2 Å². The molecule has 2 aromatic rings. The third-order valence-corrected chi connectivity index (χ3v) is 4.96. The molecule has 1 heterocycles. The van der Waals surface area contributed by atoms with E-state index in [1.165, 1.54) is 17.5 Å². The van der Waals surface area contributed by atoms with Crippen LogP contribution in [-0.2, 0) is 31.2 Å². The highest BCUT2D eigenvalue weighted by Gasteiger charge is 2.15. The molecule has 0 aliphatic carbocycles. The van der Waals surface area contributed by atoms with Crippen molar-refractivity contribution in [3.63, 3.8) is 0 Å². The van der Waals surface area contributed by atoms with Crippen molar-refractivity contribution in [1.82, 2.24) is 4.57 Å². The molecule has 0 N–H and O–H groups in total. The minimum absolute atomic E-state index is 0. The van der Waals surface area contributed by atoms with E-state index in [0.717, 1.165) is 24.5 Å². The Morgan fingerprint density at radius 1 is 1.17 bits per heavy atom. The Morgan fingerprint density at radius 3 is 2.35 bits per heavy atom. The fourth-order valence-electron chi connectivity index (χ4n) is 2.44. The number of carbonyl (C=O) groups excluding carboxylic acids is 1. The van der Waals surface area contributed by atoms with E-state index in [-0.39, 0.29) is 18.2 Å². The minimum Gasteiger partial charge on any atom is -1.00 e. The normalized spacial score (nSPS) is 10.4. The van der Waals surface area contributed by atoms with Crippen molar-refractivity contribution in [1.29, 1.82) is 0 Å². The lowest BCUT2D eigenvalue weighted by Gasteiger charge is -2.04. The number of imidazole rings is 1. The highest BCUT2D eigenvalue weighted by Crippen LogP contribution is 2.15. The van der Waals surface area contributed by atoms with Crippen LogP contribution in [-0.4, -0.2) is 16.1 Å². The largest absolute Gasteiger partial charge is 1.00 e. The van der Waals surface area contributed by atoms with Crippen molar-refractivity contribution in [3.05, 3.63) is 47.8 Å². The third kappa shape index (κ3) is 6.04. The first-order chi connectivity index (χ1) is 10.6. The lowest BCUT2D eigenvalue weighted by atomic mass is 10.1. The Balaban J connectivity index is 0.00000264. The first-order valence-electron chi connectivity index (χ1n) is 7.85. The van der Waals surface area contributed by atoms with E-state index >= 15 is 0 Å². The van der Waals surface area contributed by atoms with Gasteiger partial charge in [-0.1, -0.05) is 37.6 Å². The zero-order valence-electron chi connectivity index (χ0n) is 14.1. The Bertz CT molecular complexity index is 622. The van der Waals surface area contributed by atoms with E-state index in [1.54, 1.807) is 18.7 Å². The summed E-state index contributed by atoms with van der Waals surface area (Å²) in [4.78, 5) is 11.2. The number of benzene rings is 1. The number of thioether (sulfide) groups is 1. The summed E-state index contributed by atoms with van der Waals surface area (Å²) in [6.07, 6.45) is 7.49. The van der Waals surface area contributed by atoms with Gasteiger partial charge >= 0.3 is 5.16 Å². The van der Waals surface area contributed by atoms with Crippen LogP contribution in [0, 0.1) is 0 Å². The van der Waals surface area contributed by atoms with Crippen molar-refractivity contribution >= 4 is 17.5 Å². The fourth-order valence-corrected chi connectivity index (χ4v) is 3.36. The smallest absolute Gasteiger partial charge is 0.318 e. The Kier molecular flexibility index (Phi) is 8.42. The topological polar surface area (TPSA) is 25.9 Å². The number of ketones is 1. The van der Waals surface area contributed by atoms with Crippen molar-refractivity contribution in [2.45, 2.75) is 44.8 Å². The van der Waals surface area contributed by atoms with Crippen molar-refractivity contribution < 1.29 is 21.8 Å². The molecule has 2 rings (SSSR count). The first kappa shape index (κ1) is 19.8. The monoisotopic (exact) mass is 352 g/mol. The molecule has 0 atom stereocenters. The predicted octanol–water partition coefficient (Wildman–Crippen LogP) is 0.193. The fraction of sp³-hybridized carbons (Fsp3) is 0.444. The van der Waals surface area contributed by atoms with Gasteiger partial charge in [-0.2, -0.15) is 0 Å². The second-order valence-corrected chi connectivity index (χ2v) is 6.63. The van der Waals surface area contributed by atoms with Crippen molar-refractivity contribution in [2.75, 3.05) is 5.75 Å². The summed E-state index contributed by atoms with van der Waals surface area (Å²) in [5.74, 6) is 0.744. The van der Waals surface area contributed by atoms with Crippen molar-refractivity contribution in [3.8, 4) is 0 Å². The Hall–Kier alpha value is -1.26. The van der Waals surface area contributed by atoms with Gasteiger partial charge in [0.25, 0.3) is 0 Å². The quantitative estimate of drug-likeness (QED) is 0.501. The number of halogens is 1. The summed E-state index contributed by atoms with van der Waals surface area (Å²) in [6, 6.07) is 8.94. The molecule has 0 fully saturated rings. The molecule has 23 heavy (non-hydrogen) atoms. The van der Waals surface area contributed by atoms with E-state index in [0.29, 0.717) is 5.75 Å². The lowest BCUT2D eigenvalue weighted by molar-refractivity contribution is -0.709. The molecule has 0 amide bonds. The molecular weight excluding hydrogens is 328 g/mol. The molecule has 0 saturated heterocycles. The minimum atomic E-state index is 0. The predicted molar refractivity (Wildman–Crippen MR) is 91.2 cm³/mol. The second kappa shape index (κ2) is 9.78. The maximum absolute atomic E-state index is 11.2. The molecule has 5 heteroatoms. The molecule has 0 radical (unpaired) electrons. The van der Waals surface area contributed by atoms with Crippen LogP contribution in [0.2, 0.25) is 0 Å². The van der Waals surface area contributed by atoms with E-state index in [9.17, 15) is 4.79 Å². The maximum atomic E-state index is 11.2. The molecule has 0 spiro atoms. The van der Waals surface area contributed by atoms with Gasteiger partial charge in [0.2, 0.25) is 0 Å². The first-order valence-corrected chi connectivity index (χ1v) is 8.83. The molecule has 1 aromatic heterocycles. The van der Waals surface area contributed by atoms with Gasteiger partial charge in [-0.15, -0.1) is 0 Å². The molecule has 3 nitrogen and oxygen atoms in total. The summed E-state index contributed by atoms with van der Waals surface area (Å²) >= 11 is 1.61. The van der Waals surface area contributed by atoms with Crippen LogP contribution in [0.4, 0.5) is 0 Å². The number of aryl methyl sites for hydroxylation is 4. The highest BCUT2D eigenvalue weighted by molar-refractivity contribution is 7.99. The molecule has 1 aromatic carbocycles. The van der Waals surface area contributed by atoms with Crippen LogP contribution in [0.5, 0.6) is 0 Å². The molecule has 0 saturated carbocycles. The third-order valence-electron chi connectivity index (χ3n) is 3.63. The van der Waals surface area contributed by atoms with Crippen LogP contribution in [0.15, 0.2) is 41.8 Å². The van der Waals surface area contributed by atoms with Gasteiger partial charge < -0.3 is 12.4 Å². The van der Waals surface area contributed by atoms with Gasteiger partial charge in [0, 0.05) is 6.42 Å². The van der Waals surface area contributed by atoms with Crippen molar-refractivity contribution in [2.24, 2.45) is 7.05 Å². The average Bonchev–Trinajstić information content (AvgIpc) is 2.85. The van der Waals surface area contributed by atoms with Crippen LogP contribution in [0.25, 0.3) is 0 Å². The standard InChI is InChI=1S/C18H25N2OS.ClH/c1-4-5-16-6-8-17(9-7-16)10-11-20-13-12-19(3)18(20)22-14-15(2)21;/h6-9,12-13H,4-5,10-11,14H2,1-3H3;1H/q+1;/p-1. The summed E-state index contributed by atoms with van der Waals surface area (Å²) in [5.41, 5.74) is 2.77. The molecule has 0 unspecified atom stereocenters. The lowest BCUT2D eigenvalue weighted by Crippen LogP contribution is -3.00. The molecule has 0 bridgehead atoms. The van der Waals surface area contributed by atoms with Gasteiger partial charge in [-0.05, 0) is 36.2 Å². The Morgan fingerprint density at radius 2 is 1.78 bits per heavy atom. The van der Waals surface area contributed by atoms with E-state index in [2.05, 4.69) is 46.5 Å². The number of Topliss-reactive ketones (excluding diaryl/α,β-unsaturated/α-hetero) is 1. The van der Waals surface area contributed by atoms with Gasteiger partial charge in [0.15, 0.2) is 0 Å². The zero-order valence-corrected chi connectivity index (χ0v) is 15.7. The number of hydrogen-bond acceptors (Lipinski definition) is 2. The number of rotatable bonds is 8. The Labute approximate surface area is 149 Å². The summed E-state index contributed by atoms with van der Waals surface area (Å²) < 4.78 is 4.31. The van der Waals surface area contributed by atoms with Crippen LogP contribution >= 0.6 is 11.8 Å². The van der Waals surface area contributed by atoms with E-state index < -0.39 is 0 Å². The maximum Gasteiger partial charge on any atom is 0.318 e. The molecule has 0 aliphatic heterocycles. The second-order valence-electron chi connectivity index (χ2n) is 5.69.